The number of pyridine rings is 1. The highest BCUT2D eigenvalue weighted by Crippen LogP contribution is 2.26. The molecule has 3 rings (SSSR count). The number of carbonyl (C=O) groups is 1. The molecule has 90 valence electrons. The van der Waals surface area contributed by atoms with Gasteiger partial charge in [0.05, 0.1) is 18.1 Å². The van der Waals surface area contributed by atoms with Crippen LogP contribution in [0.25, 0.3) is 21.8 Å². The van der Waals surface area contributed by atoms with Gasteiger partial charge >= 0.3 is 5.97 Å². The highest BCUT2D eigenvalue weighted by atomic mass is 16.5. The van der Waals surface area contributed by atoms with E-state index in [4.69, 9.17) is 4.74 Å². The Balaban J connectivity index is 2.44. The Morgan fingerprint density at radius 2 is 2.17 bits per heavy atom. The summed E-state index contributed by atoms with van der Waals surface area (Å²) in [5, 5.41) is 2.05. The number of esters is 1. The van der Waals surface area contributed by atoms with Gasteiger partial charge in [-0.25, -0.2) is 4.79 Å². The van der Waals surface area contributed by atoms with Crippen LogP contribution >= 0.6 is 0 Å². The maximum Gasteiger partial charge on any atom is 0.354 e. The van der Waals surface area contributed by atoms with E-state index in [0.29, 0.717) is 5.69 Å². The standard InChI is InChI=1S/C14H12N2O2/c1-16-12(14(17)18-2)8-9-5-6-11-10(13(9)16)4-3-7-15-11/h3-8H,1-2H3. The van der Waals surface area contributed by atoms with Gasteiger partial charge in [0.2, 0.25) is 0 Å². The molecule has 0 unspecified atom stereocenters. The van der Waals surface area contributed by atoms with Crippen LogP contribution in [-0.2, 0) is 11.8 Å². The van der Waals surface area contributed by atoms with Gasteiger partial charge in [-0.2, -0.15) is 0 Å². The number of carbonyl (C=O) groups excluding carboxylic acids is 1. The van der Waals surface area contributed by atoms with Gasteiger partial charge in [0.15, 0.2) is 0 Å². The van der Waals surface area contributed by atoms with E-state index in [2.05, 4.69) is 4.98 Å². The highest BCUT2D eigenvalue weighted by molar-refractivity contribution is 6.07. The predicted octanol–water partition coefficient (Wildman–Crippen LogP) is 2.51. The number of hydrogen-bond acceptors (Lipinski definition) is 3. The Morgan fingerprint density at radius 1 is 1.33 bits per heavy atom. The van der Waals surface area contributed by atoms with Crippen molar-refractivity contribution in [2.75, 3.05) is 7.11 Å². The minimum atomic E-state index is -0.328. The van der Waals surface area contributed by atoms with E-state index in [9.17, 15) is 4.79 Å². The summed E-state index contributed by atoms with van der Waals surface area (Å²) in [5.74, 6) is -0.328. The van der Waals surface area contributed by atoms with Gasteiger partial charge in [0.25, 0.3) is 0 Å². The molecule has 0 N–H and O–H groups in total. The molecular formula is C14H12N2O2. The first-order valence-corrected chi connectivity index (χ1v) is 5.64. The number of aromatic nitrogens is 2. The van der Waals surface area contributed by atoms with Crippen molar-refractivity contribution < 1.29 is 9.53 Å². The quantitative estimate of drug-likeness (QED) is 0.614. The second-order valence-corrected chi connectivity index (χ2v) is 4.15. The summed E-state index contributed by atoms with van der Waals surface area (Å²) < 4.78 is 6.64. The van der Waals surface area contributed by atoms with Crippen molar-refractivity contribution >= 4 is 27.8 Å². The zero-order chi connectivity index (χ0) is 12.7. The van der Waals surface area contributed by atoms with Crippen molar-refractivity contribution in [3.63, 3.8) is 0 Å². The van der Waals surface area contributed by atoms with E-state index >= 15 is 0 Å². The van der Waals surface area contributed by atoms with Crippen LogP contribution in [0.3, 0.4) is 0 Å². The zero-order valence-corrected chi connectivity index (χ0v) is 10.2. The Labute approximate surface area is 104 Å². The molecule has 3 aromatic rings. The summed E-state index contributed by atoms with van der Waals surface area (Å²) in [4.78, 5) is 16.0. The van der Waals surface area contributed by atoms with Gasteiger partial charge in [-0.3, -0.25) is 4.98 Å². The monoisotopic (exact) mass is 240 g/mol. The number of hydrogen-bond donors (Lipinski definition) is 0. The zero-order valence-electron chi connectivity index (χ0n) is 10.2. The number of fused-ring (bicyclic) bond motifs is 3. The van der Waals surface area contributed by atoms with Crippen molar-refractivity contribution in [1.29, 1.82) is 0 Å². The maximum atomic E-state index is 11.7. The molecule has 0 saturated heterocycles. The molecular weight excluding hydrogens is 228 g/mol. The van der Waals surface area contributed by atoms with E-state index < -0.39 is 0 Å². The maximum absolute atomic E-state index is 11.7. The Morgan fingerprint density at radius 3 is 2.94 bits per heavy atom. The summed E-state index contributed by atoms with van der Waals surface area (Å²) >= 11 is 0. The molecule has 0 aliphatic rings. The van der Waals surface area contributed by atoms with Gasteiger partial charge in [-0.15, -0.1) is 0 Å². The molecule has 2 heterocycles. The lowest BCUT2D eigenvalue weighted by Crippen LogP contribution is -2.07. The molecule has 0 fully saturated rings. The Kier molecular flexibility index (Phi) is 2.30. The number of methoxy groups -OCH3 is 1. The second kappa shape index (κ2) is 3.84. The number of nitrogens with zero attached hydrogens (tertiary/aromatic N) is 2. The van der Waals surface area contributed by atoms with E-state index in [1.165, 1.54) is 7.11 Å². The van der Waals surface area contributed by atoms with Crippen LogP contribution in [0, 0.1) is 0 Å². The summed E-state index contributed by atoms with van der Waals surface area (Å²) in [6.07, 6.45) is 1.76. The smallest absolute Gasteiger partial charge is 0.354 e. The van der Waals surface area contributed by atoms with Crippen molar-refractivity contribution in [2.24, 2.45) is 7.05 Å². The normalized spacial score (nSPS) is 11.0. The highest BCUT2D eigenvalue weighted by Gasteiger charge is 2.15. The fourth-order valence-corrected chi connectivity index (χ4v) is 2.31. The van der Waals surface area contributed by atoms with E-state index in [1.54, 1.807) is 6.20 Å². The topological polar surface area (TPSA) is 44.1 Å². The fourth-order valence-electron chi connectivity index (χ4n) is 2.31. The lowest BCUT2D eigenvalue weighted by Gasteiger charge is -2.04. The third kappa shape index (κ3) is 1.39. The molecule has 0 amide bonds. The van der Waals surface area contributed by atoms with E-state index in [0.717, 1.165) is 21.8 Å². The fraction of sp³-hybridized carbons (Fsp3) is 0.143. The third-order valence-corrected chi connectivity index (χ3v) is 3.17. The average Bonchev–Trinajstić information content (AvgIpc) is 2.76. The number of aryl methyl sites for hydroxylation is 1. The summed E-state index contributed by atoms with van der Waals surface area (Å²) in [6.45, 7) is 0. The number of ether oxygens (including phenoxy) is 1. The summed E-state index contributed by atoms with van der Waals surface area (Å²) in [6, 6.07) is 9.67. The first-order valence-electron chi connectivity index (χ1n) is 5.64. The van der Waals surface area contributed by atoms with Crippen molar-refractivity contribution in [3.05, 3.63) is 42.2 Å². The first kappa shape index (κ1) is 10.8. The Bertz CT molecular complexity index is 759. The van der Waals surface area contributed by atoms with Crippen LogP contribution < -0.4 is 0 Å². The molecule has 0 saturated carbocycles. The average molecular weight is 240 g/mol. The lowest BCUT2D eigenvalue weighted by molar-refractivity contribution is 0.0590. The molecule has 0 radical (unpaired) electrons. The van der Waals surface area contributed by atoms with Gasteiger partial charge in [0.1, 0.15) is 5.69 Å². The molecule has 0 atom stereocenters. The molecule has 4 heteroatoms. The van der Waals surface area contributed by atoms with Crippen LogP contribution in [-0.4, -0.2) is 22.6 Å². The molecule has 0 spiro atoms. The largest absolute Gasteiger partial charge is 0.464 e. The minimum absolute atomic E-state index is 0.328. The SMILES string of the molecule is COC(=O)c1cc2ccc3ncccc3c2n1C. The van der Waals surface area contributed by atoms with Crippen LogP contribution in [0.4, 0.5) is 0 Å². The van der Waals surface area contributed by atoms with E-state index in [-0.39, 0.29) is 5.97 Å². The predicted molar refractivity (Wildman–Crippen MR) is 69.6 cm³/mol. The van der Waals surface area contributed by atoms with Crippen LogP contribution in [0.1, 0.15) is 10.5 Å². The number of benzene rings is 1. The van der Waals surface area contributed by atoms with Gasteiger partial charge in [0, 0.05) is 24.0 Å². The molecule has 18 heavy (non-hydrogen) atoms. The summed E-state index contributed by atoms with van der Waals surface area (Å²) in [7, 11) is 3.25. The van der Waals surface area contributed by atoms with Crippen molar-refractivity contribution in [3.8, 4) is 0 Å². The molecule has 0 bridgehead atoms. The molecule has 0 aliphatic carbocycles. The second-order valence-electron chi connectivity index (χ2n) is 4.15. The van der Waals surface area contributed by atoms with E-state index in [1.807, 2.05) is 41.9 Å². The molecule has 1 aromatic carbocycles. The number of rotatable bonds is 1. The van der Waals surface area contributed by atoms with Gasteiger partial charge < -0.3 is 9.30 Å². The van der Waals surface area contributed by atoms with Crippen LogP contribution in [0.2, 0.25) is 0 Å². The van der Waals surface area contributed by atoms with Crippen LogP contribution in [0.15, 0.2) is 36.5 Å². The van der Waals surface area contributed by atoms with Gasteiger partial charge in [-0.1, -0.05) is 6.07 Å². The van der Waals surface area contributed by atoms with Crippen molar-refractivity contribution in [2.45, 2.75) is 0 Å². The Hall–Kier alpha value is -2.36. The molecule has 4 nitrogen and oxygen atoms in total. The van der Waals surface area contributed by atoms with Crippen molar-refractivity contribution in [1.82, 2.24) is 9.55 Å². The molecule has 0 aliphatic heterocycles. The molecule has 2 aromatic heterocycles. The lowest BCUT2D eigenvalue weighted by atomic mass is 10.1. The summed E-state index contributed by atoms with van der Waals surface area (Å²) in [5.41, 5.74) is 2.47. The third-order valence-electron chi connectivity index (χ3n) is 3.17. The minimum Gasteiger partial charge on any atom is -0.464 e. The van der Waals surface area contributed by atoms with Crippen LogP contribution in [0.5, 0.6) is 0 Å². The van der Waals surface area contributed by atoms with Gasteiger partial charge in [-0.05, 0) is 24.3 Å². The first-order chi connectivity index (χ1) is 8.72.